The van der Waals surface area contributed by atoms with Gasteiger partial charge in [0.2, 0.25) is 0 Å². The minimum atomic E-state index is -1.48. The van der Waals surface area contributed by atoms with E-state index < -0.39 is 12.3 Å². The molecule has 0 radical (unpaired) electrons. The highest BCUT2D eigenvalue weighted by molar-refractivity contribution is 5.42. The summed E-state index contributed by atoms with van der Waals surface area (Å²) in [6.45, 7) is 6.35. The molecule has 10 heteroatoms. The smallest absolute Gasteiger partial charge is 0.414 e. The molecule has 4 aromatic rings. The van der Waals surface area contributed by atoms with Gasteiger partial charge in [0.25, 0.3) is 0 Å². The maximum atomic E-state index is 6.05. The molecule has 2 spiro atoms. The third-order valence-electron chi connectivity index (χ3n) is 9.28. The van der Waals surface area contributed by atoms with Crippen LogP contribution in [0.3, 0.4) is 0 Å². The number of benzene rings is 4. The first-order chi connectivity index (χ1) is 23.9. The van der Waals surface area contributed by atoms with Crippen LogP contribution in [0, 0.1) is 0 Å². The minimum absolute atomic E-state index is 0.244. The van der Waals surface area contributed by atoms with Gasteiger partial charge in [0.15, 0.2) is 0 Å². The van der Waals surface area contributed by atoms with Crippen molar-refractivity contribution in [3.63, 3.8) is 0 Å². The molecule has 256 valence electrons. The predicted molar refractivity (Wildman–Crippen MR) is 176 cm³/mol. The summed E-state index contributed by atoms with van der Waals surface area (Å²) >= 11 is 0. The molecule has 4 aliphatic rings. The molecular weight excluding hydrogens is 628 g/mol. The van der Waals surface area contributed by atoms with Crippen LogP contribution in [0.25, 0.3) is 0 Å². The topological polar surface area (TPSA) is 92.3 Å². The maximum absolute atomic E-state index is 6.05. The van der Waals surface area contributed by atoms with Gasteiger partial charge in [-0.1, -0.05) is 98.8 Å². The van der Waals surface area contributed by atoms with Gasteiger partial charge in [-0.3, -0.25) is 18.9 Å². The van der Waals surface area contributed by atoms with E-state index in [0.717, 1.165) is 33.8 Å². The Labute approximate surface area is 285 Å². The summed E-state index contributed by atoms with van der Waals surface area (Å²) in [5.74, 6) is 1.49. The van der Waals surface area contributed by atoms with Crippen molar-refractivity contribution in [1.29, 1.82) is 0 Å². The van der Waals surface area contributed by atoms with Crippen LogP contribution in [-0.2, 0) is 43.3 Å². The van der Waals surface area contributed by atoms with Gasteiger partial charge >= 0.3 is 12.3 Å². The average molecular weight is 669 g/mol. The Morgan fingerprint density at radius 1 is 0.510 bits per heavy atom. The number of hydrogen-bond acceptors (Lipinski definition) is 10. The van der Waals surface area contributed by atoms with Crippen molar-refractivity contribution < 1.29 is 47.4 Å². The van der Waals surface area contributed by atoms with E-state index in [4.69, 9.17) is 47.4 Å². The molecule has 8 rings (SSSR count). The molecule has 0 aliphatic carbocycles. The molecule has 6 atom stereocenters. The summed E-state index contributed by atoms with van der Waals surface area (Å²) < 4.78 is 59.2. The second-order valence-corrected chi connectivity index (χ2v) is 13.1. The Bertz CT molecular complexity index is 1560. The highest BCUT2D eigenvalue weighted by Crippen LogP contribution is 2.41. The molecule has 4 heterocycles. The molecule has 49 heavy (non-hydrogen) atoms. The van der Waals surface area contributed by atoms with Crippen molar-refractivity contribution in [2.24, 2.45) is 0 Å². The first-order valence-corrected chi connectivity index (χ1v) is 16.7. The first kappa shape index (κ1) is 32.4. The zero-order valence-corrected chi connectivity index (χ0v) is 27.5. The second-order valence-electron chi connectivity index (χ2n) is 13.1. The van der Waals surface area contributed by atoms with Crippen molar-refractivity contribution in [3.05, 3.63) is 131 Å². The van der Waals surface area contributed by atoms with Gasteiger partial charge in [0, 0.05) is 5.41 Å². The summed E-state index contributed by atoms with van der Waals surface area (Å²) in [5.41, 5.74) is 4.09. The van der Waals surface area contributed by atoms with Crippen LogP contribution in [0.5, 0.6) is 11.5 Å². The van der Waals surface area contributed by atoms with Gasteiger partial charge in [-0.05, 0) is 46.5 Å². The predicted octanol–water partition coefficient (Wildman–Crippen LogP) is 6.40. The summed E-state index contributed by atoms with van der Waals surface area (Å²) in [4.78, 5) is 0. The Morgan fingerprint density at radius 3 is 1.31 bits per heavy atom. The zero-order chi connectivity index (χ0) is 33.3. The lowest BCUT2D eigenvalue weighted by Gasteiger charge is -2.26. The molecule has 0 aromatic heterocycles. The van der Waals surface area contributed by atoms with Crippen LogP contribution in [-0.4, -0.2) is 64.2 Å². The molecule has 0 N–H and O–H groups in total. The molecule has 0 bridgehead atoms. The molecule has 6 unspecified atom stereocenters. The molecule has 10 nitrogen and oxygen atoms in total. The fraction of sp³-hybridized carbons (Fsp3) is 0.385. The number of ether oxygens (including phenoxy) is 10. The van der Waals surface area contributed by atoms with Crippen LogP contribution in [0.15, 0.2) is 109 Å². The largest absolute Gasteiger partial charge is 0.491 e. The molecule has 4 aromatic carbocycles. The fourth-order valence-electron chi connectivity index (χ4n) is 6.36. The molecule has 4 fully saturated rings. The molecule has 0 saturated carbocycles. The Kier molecular flexibility index (Phi) is 8.90. The van der Waals surface area contributed by atoms with Crippen molar-refractivity contribution in [2.75, 3.05) is 39.6 Å². The third-order valence-corrected chi connectivity index (χ3v) is 9.28. The lowest BCUT2D eigenvalue weighted by Crippen LogP contribution is -2.33. The maximum Gasteiger partial charge on any atom is 0.414 e. The van der Waals surface area contributed by atoms with E-state index in [1.807, 2.05) is 84.9 Å². The first-order valence-electron chi connectivity index (χ1n) is 16.7. The highest BCUT2D eigenvalue weighted by Gasteiger charge is 2.53. The monoisotopic (exact) mass is 668 g/mol. The van der Waals surface area contributed by atoms with Gasteiger partial charge in [0.1, 0.15) is 49.1 Å². The average Bonchev–Trinajstić information content (AvgIpc) is 3.96. The van der Waals surface area contributed by atoms with Crippen LogP contribution in [0.1, 0.15) is 48.3 Å². The summed E-state index contributed by atoms with van der Waals surface area (Å²) in [6.07, 6.45) is -4.08. The molecule has 4 saturated heterocycles. The summed E-state index contributed by atoms with van der Waals surface area (Å²) in [5, 5.41) is 0. The normalized spacial score (nSPS) is 29.6. The van der Waals surface area contributed by atoms with Gasteiger partial charge in [-0.15, -0.1) is 0 Å². The quantitative estimate of drug-likeness (QED) is 0.189. The van der Waals surface area contributed by atoms with Crippen LogP contribution in [0.2, 0.25) is 0 Å². The highest BCUT2D eigenvalue weighted by atomic mass is 17.1. The van der Waals surface area contributed by atoms with Crippen LogP contribution in [0.4, 0.5) is 0 Å². The van der Waals surface area contributed by atoms with Gasteiger partial charge < -0.3 is 28.4 Å². The van der Waals surface area contributed by atoms with Crippen molar-refractivity contribution in [2.45, 2.75) is 56.0 Å². The lowest BCUT2D eigenvalue weighted by molar-refractivity contribution is -0.432. The van der Waals surface area contributed by atoms with E-state index >= 15 is 0 Å². The van der Waals surface area contributed by atoms with E-state index in [-0.39, 0.29) is 29.8 Å². The summed E-state index contributed by atoms with van der Waals surface area (Å²) in [7, 11) is 0. The van der Waals surface area contributed by atoms with Crippen LogP contribution >= 0.6 is 0 Å². The van der Waals surface area contributed by atoms with Crippen molar-refractivity contribution in [1.82, 2.24) is 0 Å². The van der Waals surface area contributed by atoms with Gasteiger partial charge in [0.05, 0.1) is 26.4 Å². The molecular formula is C39H40O10. The van der Waals surface area contributed by atoms with Gasteiger partial charge in [-0.25, -0.2) is 0 Å². The number of hydrogen-bond donors (Lipinski definition) is 0. The Hall–Kier alpha value is -3.84. The van der Waals surface area contributed by atoms with E-state index in [2.05, 4.69) is 38.1 Å². The SMILES string of the molecule is CC(C)(c1ccc(OCC2COC3(OCC(c4ccccc4)O3)O2)cc1)c1ccc(OCC2COC3(OCC(c4ccccc4)O3)O2)cc1. The third kappa shape index (κ3) is 6.96. The zero-order valence-electron chi connectivity index (χ0n) is 27.5. The fourth-order valence-corrected chi connectivity index (χ4v) is 6.36. The van der Waals surface area contributed by atoms with E-state index in [9.17, 15) is 0 Å². The van der Waals surface area contributed by atoms with E-state index in [1.54, 1.807) is 0 Å². The lowest BCUT2D eigenvalue weighted by atomic mass is 9.78. The number of rotatable bonds is 10. The Morgan fingerprint density at radius 2 is 0.898 bits per heavy atom. The van der Waals surface area contributed by atoms with Crippen molar-refractivity contribution in [3.8, 4) is 11.5 Å². The van der Waals surface area contributed by atoms with Crippen molar-refractivity contribution >= 4 is 0 Å². The Balaban J connectivity index is 0.799. The van der Waals surface area contributed by atoms with E-state index in [0.29, 0.717) is 39.6 Å². The standard InChI is InChI=1S/C39H40O10/c1-37(2,29-13-17-31(18-14-29)40-21-33-23-42-38(46-33)44-25-35(48-38)27-9-5-3-6-10-27)30-15-19-32(20-16-30)41-22-34-24-43-39(47-34)45-26-36(49-39)28-11-7-4-8-12-28/h3-20,33-36H,21-26H2,1-2H3. The van der Waals surface area contributed by atoms with E-state index in [1.165, 1.54) is 0 Å². The summed E-state index contributed by atoms with van der Waals surface area (Å²) in [6, 6.07) is 36.1. The molecule has 4 aliphatic heterocycles. The van der Waals surface area contributed by atoms with Gasteiger partial charge in [-0.2, -0.15) is 0 Å². The minimum Gasteiger partial charge on any atom is -0.491 e. The van der Waals surface area contributed by atoms with Crippen LogP contribution < -0.4 is 9.47 Å². The second kappa shape index (κ2) is 13.5. The molecule has 0 amide bonds.